The molecule has 2 nitrogen and oxygen atoms in total. The summed E-state index contributed by atoms with van der Waals surface area (Å²) in [5.74, 6) is 0. The van der Waals surface area contributed by atoms with E-state index in [1.807, 2.05) is 36.4 Å². The van der Waals surface area contributed by atoms with Gasteiger partial charge in [0.15, 0.2) is 0 Å². The quantitative estimate of drug-likeness (QED) is 0.885. The maximum absolute atomic E-state index is 10.7. The van der Waals surface area contributed by atoms with Crippen molar-refractivity contribution in [2.45, 2.75) is 18.4 Å². The molecule has 3 heteroatoms. The fraction of sp³-hybridized carbons (Fsp3) is 0.294. The molecule has 3 rings (SSSR count). The molecule has 0 bridgehead atoms. The Morgan fingerprint density at radius 1 is 0.950 bits per heavy atom. The highest BCUT2D eigenvalue weighted by molar-refractivity contribution is 6.30. The Balaban J connectivity index is 1.88. The summed E-state index contributed by atoms with van der Waals surface area (Å²) in [6.07, 6.45) is 1.53. The van der Waals surface area contributed by atoms with Crippen LogP contribution in [0.4, 0.5) is 0 Å². The molecule has 2 N–H and O–H groups in total. The predicted octanol–water partition coefficient (Wildman–Crippen LogP) is 3.58. The van der Waals surface area contributed by atoms with Crippen molar-refractivity contribution in [3.63, 3.8) is 0 Å². The average Bonchev–Trinajstić information content (AvgIpc) is 2.48. The molecule has 0 spiro atoms. The van der Waals surface area contributed by atoms with E-state index in [0.717, 1.165) is 47.6 Å². The van der Waals surface area contributed by atoms with Gasteiger partial charge in [-0.05, 0) is 54.8 Å². The summed E-state index contributed by atoms with van der Waals surface area (Å²) in [5.41, 5.74) is 2.54. The van der Waals surface area contributed by atoms with Gasteiger partial charge in [0, 0.05) is 5.02 Å². The number of hydrogen-bond acceptors (Lipinski definition) is 2. The van der Waals surface area contributed by atoms with Crippen LogP contribution in [0.1, 0.15) is 18.4 Å². The summed E-state index contributed by atoms with van der Waals surface area (Å²) in [6, 6.07) is 16.0. The van der Waals surface area contributed by atoms with Crippen LogP contribution in [-0.2, 0) is 5.60 Å². The summed E-state index contributed by atoms with van der Waals surface area (Å²) >= 11 is 6.02. The highest BCUT2D eigenvalue weighted by atomic mass is 35.5. The van der Waals surface area contributed by atoms with Gasteiger partial charge >= 0.3 is 0 Å². The van der Waals surface area contributed by atoms with Gasteiger partial charge in [0.1, 0.15) is 0 Å². The third kappa shape index (κ3) is 2.73. The lowest BCUT2D eigenvalue weighted by Gasteiger charge is -2.33. The van der Waals surface area contributed by atoms with Crippen molar-refractivity contribution in [2.75, 3.05) is 13.1 Å². The first-order valence-corrected chi connectivity index (χ1v) is 7.35. The number of halogens is 1. The number of hydrogen-bond donors (Lipinski definition) is 2. The largest absolute Gasteiger partial charge is 0.385 e. The number of piperidine rings is 1. The molecule has 0 saturated carbocycles. The topological polar surface area (TPSA) is 32.3 Å². The molecular weight excluding hydrogens is 270 g/mol. The van der Waals surface area contributed by atoms with Crippen LogP contribution in [0.15, 0.2) is 48.5 Å². The smallest absolute Gasteiger partial charge is 0.0920 e. The molecule has 1 aliphatic rings. The molecule has 2 aromatic rings. The first-order chi connectivity index (χ1) is 9.67. The molecule has 1 heterocycles. The zero-order valence-electron chi connectivity index (χ0n) is 11.3. The van der Waals surface area contributed by atoms with Crippen LogP contribution in [0.2, 0.25) is 5.02 Å². The number of aliphatic hydroxyl groups is 1. The molecule has 0 atom stereocenters. The van der Waals surface area contributed by atoms with Gasteiger partial charge in [-0.15, -0.1) is 0 Å². The molecule has 2 aromatic carbocycles. The van der Waals surface area contributed by atoms with Gasteiger partial charge < -0.3 is 10.4 Å². The third-order valence-corrected chi connectivity index (χ3v) is 4.25. The van der Waals surface area contributed by atoms with E-state index in [0.29, 0.717) is 0 Å². The van der Waals surface area contributed by atoms with Gasteiger partial charge in [0.05, 0.1) is 5.60 Å². The molecule has 20 heavy (non-hydrogen) atoms. The van der Waals surface area contributed by atoms with E-state index in [-0.39, 0.29) is 0 Å². The Morgan fingerprint density at radius 3 is 2.30 bits per heavy atom. The summed E-state index contributed by atoms with van der Waals surface area (Å²) in [6.45, 7) is 1.74. The van der Waals surface area contributed by atoms with Crippen molar-refractivity contribution in [1.82, 2.24) is 5.32 Å². The van der Waals surface area contributed by atoms with E-state index in [2.05, 4.69) is 17.4 Å². The van der Waals surface area contributed by atoms with E-state index < -0.39 is 5.60 Å². The monoisotopic (exact) mass is 287 g/mol. The standard InChI is InChI=1S/C17H18ClNO/c18-16-3-1-2-14(12-16)13-4-6-15(7-5-13)17(20)8-10-19-11-9-17/h1-7,12,19-20H,8-11H2. The van der Waals surface area contributed by atoms with Crippen LogP contribution in [0.25, 0.3) is 11.1 Å². The van der Waals surface area contributed by atoms with Gasteiger partial charge in [-0.1, -0.05) is 48.0 Å². The molecule has 0 unspecified atom stereocenters. The van der Waals surface area contributed by atoms with E-state index in [9.17, 15) is 5.11 Å². The second-order valence-electron chi connectivity index (χ2n) is 5.37. The van der Waals surface area contributed by atoms with E-state index in [1.165, 1.54) is 0 Å². The lowest BCUT2D eigenvalue weighted by atomic mass is 9.84. The number of nitrogens with one attached hydrogen (secondary N) is 1. The van der Waals surface area contributed by atoms with Gasteiger partial charge in [-0.25, -0.2) is 0 Å². The van der Waals surface area contributed by atoms with Crippen molar-refractivity contribution in [3.05, 3.63) is 59.1 Å². The first-order valence-electron chi connectivity index (χ1n) is 6.97. The highest BCUT2D eigenvalue weighted by Crippen LogP contribution is 2.32. The summed E-state index contributed by atoms with van der Waals surface area (Å²) in [7, 11) is 0. The highest BCUT2D eigenvalue weighted by Gasteiger charge is 2.30. The summed E-state index contributed by atoms with van der Waals surface area (Å²) < 4.78 is 0. The minimum Gasteiger partial charge on any atom is -0.385 e. The lowest BCUT2D eigenvalue weighted by Crippen LogP contribution is -2.39. The number of benzene rings is 2. The van der Waals surface area contributed by atoms with Crippen LogP contribution in [0.5, 0.6) is 0 Å². The van der Waals surface area contributed by atoms with Crippen molar-refractivity contribution < 1.29 is 5.11 Å². The Labute approximate surface area is 124 Å². The van der Waals surface area contributed by atoms with Crippen molar-refractivity contribution in [3.8, 4) is 11.1 Å². The third-order valence-electron chi connectivity index (χ3n) is 4.01. The van der Waals surface area contributed by atoms with Gasteiger partial charge in [-0.2, -0.15) is 0 Å². The molecule has 0 amide bonds. The fourth-order valence-corrected chi connectivity index (χ4v) is 2.96. The zero-order chi connectivity index (χ0) is 14.0. The Bertz CT molecular complexity index is 588. The molecule has 0 aliphatic carbocycles. The van der Waals surface area contributed by atoms with Crippen LogP contribution >= 0.6 is 11.6 Å². The summed E-state index contributed by atoms with van der Waals surface area (Å²) in [5, 5.41) is 14.7. The Kier molecular flexibility index (Phi) is 3.79. The van der Waals surface area contributed by atoms with Crippen molar-refractivity contribution in [2.24, 2.45) is 0 Å². The van der Waals surface area contributed by atoms with E-state index >= 15 is 0 Å². The number of rotatable bonds is 2. The molecule has 1 fully saturated rings. The van der Waals surface area contributed by atoms with Gasteiger partial charge in [-0.3, -0.25) is 0 Å². The lowest BCUT2D eigenvalue weighted by molar-refractivity contribution is 0.00595. The molecule has 0 radical (unpaired) electrons. The Morgan fingerprint density at radius 2 is 1.65 bits per heavy atom. The van der Waals surface area contributed by atoms with Crippen LogP contribution < -0.4 is 5.32 Å². The van der Waals surface area contributed by atoms with Crippen molar-refractivity contribution >= 4 is 11.6 Å². The molecule has 1 saturated heterocycles. The molecular formula is C17H18ClNO. The first kappa shape index (κ1) is 13.6. The second-order valence-corrected chi connectivity index (χ2v) is 5.81. The van der Waals surface area contributed by atoms with Crippen LogP contribution in [0.3, 0.4) is 0 Å². The van der Waals surface area contributed by atoms with E-state index in [4.69, 9.17) is 11.6 Å². The van der Waals surface area contributed by atoms with Crippen molar-refractivity contribution in [1.29, 1.82) is 0 Å². The summed E-state index contributed by atoms with van der Waals surface area (Å²) in [4.78, 5) is 0. The predicted molar refractivity (Wildman–Crippen MR) is 82.9 cm³/mol. The molecule has 1 aliphatic heterocycles. The normalized spacial score (nSPS) is 17.9. The maximum Gasteiger partial charge on any atom is 0.0920 e. The maximum atomic E-state index is 10.7. The Hall–Kier alpha value is -1.35. The van der Waals surface area contributed by atoms with Crippen LogP contribution in [0, 0.1) is 0 Å². The van der Waals surface area contributed by atoms with Gasteiger partial charge in [0.2, 0.25) is 0 Å². The minimum absolute atomic E-state index is 0.682. The SMILES string of the molecule is OC1(c2ccc(-c3cccc(Cl)c3)cc2)CCNCC1. The fourth-order valence-electron chi connectivity index (χ4n) is 2.77. The van der Waals surface area contributed by atoms with Gasteiger partial charge in [0.25, 0.3) is 0 Å². The molecule has 0 aromatic heterocycles. The van der Waals surface area contributed by atoms with E-state index in [1.54, 1.807) is 0 Å². The second kappa shape index (κ2) is 5.57. The molecule has 104 valence electrons. The van der Waals surface area contributed by atoms with Crippen LogP contribution in [-0.4, -0.2) is 18.2 Å². The minimum atomic E-state index is -0.682. The average molecular weight is 288 g/mol. The zero-order valence-corrected chi connectivity index (χ0v) is 12.0.